The Hall–Kier alpha value is -0.300. The van der Waals surface area contributed by atoms with E-state index in [1.807, 2.05) is 11.8 Å². The van der Waals surface area contributed by atoms with Crippen LogP contribution in [0.25, 0.3) is 0 Å². The van der Waals surface area contributed by atoms with E-state index in [4.69, 9.17) is 10.5 Å². The number of nitrogens with one attached hydrogen (secondary N) is 1. The van der Waals surface area contributed by atoms with Crippen LogP contribution in [0.1, 0.15) is 6.42 Å². The summed E-state index contributed by atoms with van der Waals surface area (Å²) in [4.78, 5) is 13.9. The van der Waals surface area contributed by atoms with Gasteiger partial charge in [0, 0.05) is 51.3 Å². The molecular formula is C11H23N3O2S. The molecule has 5 nitrogen and oxygen atoms in total. The number of methoxy groups -OCH3 is 1. The number of nitrogens with zero attached hydrogens (tertiary/aromatic N) is 1. The molecule has 17 heavy (non-hydrogen) atoms. The minimum Gasteiger partial charge on any atom is -0.380 e. The standard InChI is InChI=1S/C11H23N3O2S/c1-16-10(9-12)8-11(15)13-2-3-14-4-6-17-7-5-14/h10H,2-9,12H2,1H3,(H,13,15). The molecule has 0 aromatic carbocycles. The monoisotopic (exact) mass is 261 g/mol. The van der Waals surface area contributed by atoms with Gasteiger partial charge in [-0.15, -0.1) is 0 Å². The topological polar surface area (TPSA) is 67.6 Å². The summed E-state index contributed by atoms with van der Waals surface area (Å²) in [5.41, 5.74) is 5.46. The third kappa shape index (κ3) is 6.26. The first-order valence-corrected chi connectivity index (χ1v) is 7.21. The first-order valence-electron chi connectivity index (χ1n) is 6.06. The Balaban J connectivity index is 2.06. The Morgan fingerprint density at radius 2 is 2.24 bits per heavy atom. The molecule has 0 aromatic rings. The molecule has 1 aliphatic rings. The van der Waals surface area contributed by atoms with Crippen LogP contribution in [0.5, 0.6) is 0 Å². The summed E-state index contributed by atoms with van der Waals surface area (Å²) in [6, 6.07) is 0. The number of nitrogens with two attached hydrogens (primary N) is 1. The summed E-state index contributed by atoms with van der Waals surface area (Å²) in [7, 11) is 1.58. The smallest absolute Gasteiger partial charge is 0.222 e. The highest BCUT2D eigenvalue weighted by Gasteiger charge is 2.12. The van der Waals surface area contributed by atoms with Crippen LogP contribution in [0, 0.1) is 0 Å². The van der Waals surface area contributed by atoms with Gasteiger partial charge in [0.15, 0.2) is 0 Å². The average Bonchev–Trinajstić information content (AvgIpc) is 2.37. The SMILES string of the molecule is COC(CN)CC(=O)NCCN1CCSCC1. The molecule has 0 radical (unpaired) electrons. The van der Waals surface area contributed by atoms with Gasteiger partial charge in [-0.25, -0.2) is 0 Å². The molecule has 1 amide bonds. The fourth-order valence-corrected chi connectivity index (χ4v) is 2.70. The third-order valence-corrected chi connectivity index (χ3v) is 3.81. The molecule has 100 valence electrons. The lowest BCUT2D eigenvalue weighted by Gasteiger charge is -2.26. The number of carbonyl (C=O) groups excluding carboxylic acids is 1. The second-order valence-electron chi connectivity index (χ2n) is 4.10. The van der Waals surface area contributed by atoms with Crippen LogP contribution in [-0.2, 0) is 9.53 Å². The predicted molar refractivity (Wildman–Crippen MR) is 71.2 cm³/mol. The summed E-state index contributed by atoms with van der Waals surface area (Å²) in [5, 5.41) is 2.91. The third-order valence-electron chi connectivity index (χ3n) is 2.86. The number of thioether (sulfide) groups is 1. The highest BCUT2D eigenvalue weighted by molar-refractivity contribution is 7.99. The first-order chi connectivity index (χ1) is 8.26. The van der Waals surface area contributed by atoms with E-state index in [1.165, 1.54) is 11.5 Å². The molecule has 0 bridgehead atoms. The van der Waals surface area contributed by atoms with E-state index < -0.39 is 0 Å². The molecule has 1 heterocycles. The molecule has 1 atom stereocenters. The van der Waals surface area contributed by atoms with Gasteiger partial charge in [-0.2, -0.15) is 11.8 Å². The van der Waals surface area contributed by atoms with E-state index in [2.05, 4.69) is 10.2 Å². The van der Waals surface area contributed by atoms with Crippen LogP contribution < -0.4 is 11.1 Å². The van der Waals surface area contributed by atoms with Crippen molar-refractivity contribution in [3.63, 3.8) is 0 Å². The molecule has 0 spiro atoms. The molecule has 1 rings (SSSR count). The maximum atomic E-state index is 11.5. The van der Waals surface area contributed by atoms with E-state index in [0.29, 0.717) is 19.5 Å². The second kappa shape index (κ2) is 8.74. The van der Waals surface area contributed by atoms with E-state index in [9.17, 15) is 4.79 Å². The van der Waals surface area contributed by atoms with Crippen LogP contribution in [0.4, 0.5) is 0 Å². The van der Waals surface area contributed by atoms with Crippen LogP contribution in [0.2, 0.25) is 0 Å². The molecule has 6 heteroatoms. The number of hydrogen-bond acceptors (Lipinski definition) is 5. The largest absolute Gasteiger partial charge is 0.380 e. The maximum Gasteiger partial charge on any atom is 0.222 e. The van der Waals surface area contributed by atoms with Gasteiger partial charge in [-0.05, 0) is 0 Å². The molecule has 1 aliphatic heterocycles. The van der Waals surface area contributed by atoms with Crippen molar-refractivity contribution in [3.8, 4) is 0 Å². The highest BCUT2D eigenvalue weighted by atomic mass is 32.2. The Bertz CT molecular complexity index is 219. The second-order valence-corrected chi connectivity index (χ2v) is 5.33. The summed E-state index contributed by atoms with van der Waals surface area (Å²) < 4.78 is 5.07. The summed E-state index contributed by atoms with van der Waals surface area (Å²) in [5.74, 6) is 2.42. The van der Waals surface area contributed by atoms with E-state index in [1.54, 1.807) is 7.11 Å². The van der Waals surface area contributed by atoms with Crippen molar-refractivity contribution in [2.45, 2.75) is 12.5 Å². The van der Waals surface area contributed by atoms with Gasteiger partial charge in [-0.1, -0.05) is 0 Å². The lowest BCUT2D eigenvalue weighted by Crippen LogP contribution is -2.40. The van der Waals surface area contributed by atoms with Gasteiger partial charge >= 0.3 is 0 Å². The Morgan fingerprint density at radius 1 is 1.53 bits per heavy atom. The number of ether oxygens (including phenoxy) is 1. The average molecular weight is 261 g/mol. The van der Waals surface area contributed by atoms with E-state index >= 15 is 0 Å². The van der Waals surface area contributed by atoms with Crippen LogP contribution in [-0.4, -0.2) is 68.3 Å². The first kappa shape index (κ1) is 14.8. The molecular weight excluding hydrogens is 238 g/mol. The summed E-state index contributed by atoms with van der Waals surface area (Å²) >= 11 is 1.99. The fraction of sp³-hybridized carbons (Fsp3) is 0.909. The van der Waals surface area contributed by atoms with Crippen LogP contribution >= 0.6 is 11.8 Å². The van der Waals surface area contributed by atoms with Crippen LogP contribution in [0.3, 0.4) is 0 Å². The van der Waals surface area contributed by atoms with Gasteiger partial charge in [0.1, 0.15) is 0 Å². The summed E-state index contributed by atoms with van der Waals surface area (Å²) in [6.45, 7) is 4.29. The fourth-order valence-electron chi connectivity index (χ4n) is 1.72. The number of hydrogen-bond donors (Lipinski definition) is 2. The highest BCUT2D eigenvalue weighted by Crippen LogP contribution is 2.07. The molecule has 1 saturated heterocycles. The predicted octanol–water partition coefficient (Wildman–Crippen LogP) is -0.485. The van der Waals surface area contributed by atoms with Gasteiger partial charge < -0.3 is 15.8 Å². The number of rotatable bonds is 7. The Kier molecular flexibility index (Phi) is 7.59. The van der Waals surface area contributed by atoms with Gasteiger partial charge in [0.05, 0.1) is 12.5 Å². The van der Waals surface area contributed by atoms with Gasteiger partial charge in [0.2, 0.25) is 5.91 Å². The quantitative estimate of drug-likeness (QED) is 0.648. The summed E-state index contributed by atoms with van der Waals surface area (Å²) in [6.07, 6.45) is 0.185. The normalized spacial score (nSPS) is 18.9. The molecule has 1 fully saturated rings. The van der Waals surface area contributed by atoms with Crippen molar-refractivity contribution in [2.24, 2.45) is 5.73 Å². The lowest BCUT2D eigenvalue weighted by molar-refractivity contribution is -0.123. The van der Waals surface area contributed by atoms with Crippen molar-refractivity contribution in [3.05, 3.63) is 0 Å². The van der Waals surface area contributed by atoms with Gasteiger partial charge in [0.25, 0.3) is 0 Å². The number of carbonyl (C=O) groups is 1. The molecule has 1 unspecified atom stereocenters. The molecule has 0 saturated carbocycles. The Labute approximate surface area is 107 Å². The van der Waals surface area contributed by atoms with Crippen molar-refractivity contribution >= 4 is 17.7 Å². The lowest BCUT2D eigenvalue weighted by atomic mass is 10.2. The molecule has 3 N–H and O–H groups in total. The van der Waals surface area contributed by atoms with Gasteiger partial charge in [-0.3, -0.25) is 9.69 Å². The molecule has 0 aromatic heterocycles. The Morgan fingerprint density at radius 3 is 2.82 bits per heavy atom. The van der Waals surface area contributed by atoms with E-state index in [0.717, 1.165) is 19.6 Å². The van der Waals surface area contributed by atoms with Crippen molar-refractivity contribution in [1.29, 1.82) is 0 Å². The zero-order valence-corrected chi connectivity index (χ0v) is 11.3. The maximum absolute atomic E-state index is 11.5. The zero-order chi connectivity index (χ0) is 12.5. The van der Waals surface area contributed by atoms with E-state index in [-0.39, 0.29) is 12.0 Å². The van der Waals surface area contributed by atoms with Crippen molar-refractivity contribution in [1.82, 2.24) is 10.2 Å². The molecule has 0 aliphatic carbocycles. The number of amides is 1. The van der Waals surface area contributed by atoms with Crippen LogP contribution in [0.15, 0.2) is 0 Å². The van der Waals surface area contributed by atoms with Crippen molar-refractivity contribution in [2.75, 3.05) is 51.3 Å². The minimum absolute atomic E-state index is 0.0219. The minimum atomic E-state index is -0.165. The zero-order valence-electron chi connectivity index (χ0n) is 10.5. The van der Waals surface area contributed by atoms with Crippen molar-refractivity contribution < 1.29 is 9.53 Å².